The van der Waals surface area contributed by atoms with Gasteiger partial charge in [0.1, 0.15) is 0 Å². The minimum atomic E-state index is -4.80. The zero-order chi connectivity index (χ0) is 21.6. The Morgan fingerprint density at radius 1 is 1.07 bits per heavy atom. The number of hydrogen-bond donors (Lipinski definition) is 1. The molecule has 0 radical (unpaired) electrons. The standard InChI is InChI=1S/C16H18N4O8S/c1-25-12-8-13(26-2)19-16(18-12)20(15(17)22)29(23,24)28-9-10-6-4-5-7-11(10)14(21)27-3/h4-8H,9H2,1-3H3,(H2,17,22). The van der Waals surface area contributed by atoms with Crippen LogP contribution in [0.5, 0.6) is 11.8 Å². The van der Waals surface area contributed by atoms with Gasteiger partial charge in [-0.3, -0.25) is 0 Å². The van der Waals surface area contributed by atoms with E-state index < -0.39 is 34.9 Å². The molecule has 0 fully saturated rings. The summed E-state index contributed by atoms with van der Waals surface area (Å²) in [6, 6.07) is 5.86. The van der Waals surface area contributed by atoms with Crippen molar-refractivity contribution >= 4 is 28.3 Å². The number of anilines is 1. The van der Waals surface area contributed by atoms with Gasteiger partial charge in [-0.1, -0.05) is 18.2 Å². The van der Waals surface area contributed by atoms with E-state index >= 15 is 0 Å². The number of esters is 1. The van der Waals surface area contributed by atoms with Gasteiger partial charge in [-0.25, -0.2) is 13.8 Å². The number of carbonyl (C=O) groups is 2. The summed E-state index contributed by atoms with van der Waals surface area (Å²) in [6.07, 6.45) is 0. The predicted molar refractivity (Wildman–Crippen MR) is 98.7 cm³/mol. The van der Waals surface area contributed by atoms with Crippen LogP contribution in [0.15, 0.2) is 30.3 Å². The number of primary amides is 1. The van der Waals surface area contributed by atoms with E-state index in [0.717, 1.165) is 0 Å². The number of nitrogens with zero attached hydrogens (tertiary/aromatic N) is 3. The molecular weight excluding hydrogens is 408 g/mol. The SMILES string of the molecule is COC(=O)c1ccccc1COS(=O)(=O)N(C(N)=O)c1nc(OC)cc(OC)n1. The van der Waals surface area contributed by atoms with Crippen LogP contribution in [0.2, 0.25) is 0 Å². The summed E-state index contributed by atoms with van der Waals surface area (Å²) in [5, 5.41) is 0. The Labute approximate surface area is 166 Å². The molecule has 0 aliphatic carbocycles. The Bertz CT molecular complexity index is 989. The molecule has 0 spiro atoms. The van der Waals surface area contributed by atoms with Crippen LogP contribution < -0.4 is 19.5 Å². The van der Waals surface area contributed by atoms with Gasteiger partial charge in [-0.2, -0.15) is 18.4 Å². The van der Waals surface area contributed by atoms with E-state index in [9.17, 15) is 18.0 Å². The Morgan fingerprint density at radius 2 is 1.66 bits per heavy atom. The summed E-state index contributed by atoms with van der Waals surface area (Å²) >= 11 is 0. The van der Waals surface area contributed by atoms with Gasteiger partial charge >= 0.3 is 22.3 Å². The topological polar surface area (TPSA) is 160 Å². The highest BCUT2D eigenvalue weighted by Crippen LogP contribution is 2.23. The van der Waals surface area contributed by atoms with Crippen molar-refractivity contribution in [3.8, 4) is 11.8 Å². The lowest BCUT2D eigenvalue weighted by Crippen LogP contribution is -2.42. The molecule has 0 saturated carbocycles. The highest BCUT2D eigenvalue weighted by atomic mass is 32.2. The van der Waals surface area contributed by atoms with Gasteiger partial charge in [0.25, 0.3) is 5.95 Å². The fraction of sp³-hybridized carbons (Fsp3) is 0.250. The van der Waals surface area contributed by atoms with Gasteiger partial charge in [-0.15, -0.1) is 4.31 Å². The van der Waals surface area contributed by atoms with Gasteiger partial charge in [0.2, 0.25) is 11.8 Å². The molecule has 2 N–H and O–H groups in total. The van der Waals surface area contributed by atoms with Crippen LogP contribution in [0.4, 0.5) is 10.7 Å². The van der Waals surface area contributed by atoms with Crippen molar-refractivity contribution in [2.24, 2.45) is 5.73 Å². The van der Waals surface area contributed by atoms with Crippen LogP contribution in [0, 0.1) is 0 Å². The third-order valence-corrected chi connectivity index (χ3v) is 4.68. The molecule has 156 valence electrons. The Kier molecular flexibility index (Phi) is 6.90. The van der Waals surface area contributed by atoms with Crippen molar-refractivity contribution in [3.05, 3.63) is 41.5 Å². The van der Waals surface area contributed by atoms with Crippen LogP contribution in [0.1, 0.15) is 15.9 Å². The van der Waals surface area contributed by atoms with E-state index in [4.69, 9.17) is 19.4 Å². The number of benzene rings is 1. The first-order valence-corrected chi connectivity index (χ1v) is 9.22. The lowest BCUT2D eigenvalue weighted by atomic mass is 10.1. The molecule has 1 aromatic carbocycles. The first kappa shape index (κ1) is 21.8. The van der Waals surface area contributed by atoms with Crippen LogP contribution in [-0.4, -0.2) is 51.7 Å². The second-order valence-electron chi connectivity index (χ2n) is 5.22. The average Bonchev–Trinajstić information content (AvgIpc) is 2.71. The minimum absolute atomic E-state index is 0.0405. The first-order chi connectivity index (χ1) is 13.7. The summed E-state index contributed by atoms with van der Waals surface area (Å²) < 4.78 is 44.7. The highest BCUT2D eigenvalue weighted by molar-refractivity contribution is 7.88. The molecule has 1 heterocycles. The number of methoxy groups -OCH3 is 3. The maximum absolute atomic E-state index is 12.6. The Hall–Kier alpha value is -3.45. The Balaban J connectivity index is 2.38. The van der Waals surface area contributed by atoms with Gasteiger partial charge in [0, 0.05) is 0 Å². The molecule has 0 unspecified atom stereocenters. The fourth-order valence-electron chi connectivity index (χ4n) is 2.15. The number of nitrogens with two attached hydrogens (primary N) is 1. The number of ether oxygens (including phenoxy) is 3. The summed E-state index contributed by atoms with van der Waals surface area (Å²) in [5.41, 5.74) is 5.50. The molecule has 2 rings (SSSR count). The van der Waals surface area contributed by atoms with Gasteiger partial charge in [-0.05, 0) is 11.6 Å². The van der Waals surface area contributed by atoms with E-state index in [2.05, 4.69) is 14.7 Å². The van der Waals surface area contributed by atoms with E-state index in [1.165, 1.54) is 39.5 Å². The van der Waals surface area contributed by atoms with Gasteiger partial charge in [0.15, 0.2) is 0 Å². The zero-order valence-corrected chi connectivity index (χ0v) is 16.5. The van der Waals surface area contributed by atoms with E-state index in [-0.39, 0.29) is 27.2 Å². The number of carbonyl (C=O) groups excluding carboxylic acids is 2. The molecule has 1 aromatic heterocycles. The highest BCUT2D eigenvalue weighted by Gasteiger charge is 2.33. The predicted octanol–water partition coefficient (Wildman–Crippen LogP) is 0.627. The normalized spacial score (nSPS) is 10.9. The summed E-state index contributed by atoms with van der Waals surface area (Å²) in [5.74, 6) is -1.49. The van der Waals surface area contributed by atoms with E-state index in [0.29, 0.717) is 0 Å². The Morgan fingerprint density at radius 3 is 2.17 bits per heavy atom. The molecule has 2 amide bonds. The maximum Gasteiger partial charge on any atom is 0.373 e. The summed E-state index contributed by atoms with van der Waals surface area (Å²) in [7, 11) is -1.08. The average molecular weight is 426 g/mol. The van der Waals surface area contributed by atoms with Crippen molar-refractivity contribution in [3.63, 3.8) is 0 Å². The lowest BCUT2D eigenvalue weighted by molar-refractivity contribution is 0.0597. The number of urea groups is 1. The van der Waals surface area contributed by atoms with Gasteiger partial charge in [0.05, 0.1) is 39.6 Å². The molecule has 0 atom stereocenters. The van der Waals surface area contributed by atoms with Crippen molar-refractivity contribution < 1.29 is 36.4 Å². The summed E-state index contributed by atoms with van der Waals surface area (Å²) in [4.78, 5) is 31.2. The number of amides is 2. The quantitative estimate of drug-likeness (QED) is 0.593. The second kappa shape index (κ2) is 9.16. The van der Waals surface area contributed by atoms with Crippen molar-refractivity contribution in [1.29, 1.82) is 0 Å². The van der Waals surface area contributed by atoms with E-state index in [1.54, 1.807) is 12.1 Å². The monoisotopic (exact) mass is 426 g/mol. The largest absolute Gasteiger partial charge is 0.481 e. The third kappa shape index (κ3) is 5.08. The molecule has 13 heteroatoms. The molecule has 0 aliphatic rings. The lowest BCUT2D eigenvalue weighted by Gasteiger charge is -2.19. The first-order valence-electron chi connectivity index (χ1n) is 7.86. The van der Waals surface area contributed by atoms with Crippen LogP contribution >= 0.6 is 0 Å². The minimum Gasteiger partial charge on any atom is -0.481 e. The van der Waals surface area contributed by atoms with Crippen molar-refractivity contribution in [2.75, 3.05) is 25.6 Å². The fourth-order valence-corrected chi connectivity index (χ4v) is 3.03. The molecular formula is C16H18N4O8S. The number of rotatable bonds is 8. The third-order valence-electron chi connectivity index (χ3n) is 3.48. The molecule has 0 aliphatic heterocycles. The molecule has 12 nitrogen and oxygen atoms in total. The molecule has 0 bridgehead atoms. The van der Waals surface area contributed by atoms with Crippen LogP contribution in [0.25, 0.3) is 0 Å². The second-order valence-corrected chi connectivity index (χ2v) is 6.68. The number of aromatic nitrogens is 2. The van der Waals surface area contributed by atoms with Crippen molar-refractivity contribution in [2.45, 2.75) is 6.61 Å². The number of hydrogen-bond acceptors (Lipinski definition) is 10. The van der Waals surface area contributed by atoms with E-state index in [1.807, 2.05) is 0 Å². The van der Waals surface area contributed by atoms with Crippen LogP contribution in [-0.2, 0) is 25.8 Å². The molecule has 2 aromatic rings. The summed E-state index contributed by atoms with van der Waals surface area (Å²) in [6.45, 7) is -0.585. The molecule has 29 heavy (non-hydrogen) atoms. The van der Waals surface area contributed by atoms with Crippen molar-refractivity contribution in [1.82, 2.24) is 9.97 Å². The smallest absolute Gasteiger partial charge is 0.373 e. The van der Waals surface area contributed by atoms with Crippen LogP contribution in [0.3, 0.4) is 0 Å². The molecule has 0 saturated heterocycles. The maximum atomic E-state index is 12.6. The zero-order valence-electron chi connectivity index (χ0n) is 15.7. The van der Waals surface area contributed by atoms with Gasteiger partial charge < -0.3 is 19.9 Å².